The number of nitriles is 1. The summed E-state index contributed by atoms with van der Waals surface area (Å²) in [7, 11) is -9.89. The van der Waals surface area contributed by atoms with Crippen LogP contribution in [-0.4, -0.2) is 32.9 Å². The van der Waals surface area contributed by atoms with Gasteiger partial charge in [-0.3, -0.25) is 19.9 Å². The molecule has 0 amide bonds. The number of hydrogen-bond acceptors (Lipinski definition) is 13. The second-order valence-corrected chi connectivity index (χ2v) is 8.68. The third-order valence-corrected chi connectivity index (χ3v) is 4.15. The van der Waals surface area contributed by atoms with Crippen LogP contribution in [0.25, 0.3) is 0 Å². The topological polar surface area (TPSA) is 283 Å². The second-order valence-electron chi connectivity index (χ2n) is 7.17. The molecule has 0 aromatic carbocycles. The maximum atomic E-state index is 8.49. The standard InChI is InChI=1S/C21H24N4.C2H3N.2ClHO4.Mn.H2O/c1-18-7-6-10-21(24-18)17-25(15-11-19-8-2-4-13-22-19)16-12-20-9-3-5-14-23-20;1-2-3;2*2-1(3,4)5;;/h2-10,13-14H,11-12,15-17H2,1H3;1H3;2*(H,2,3,4,5);;1H2/q;;;;+3;/p-1. The average molecular weight is 646 g/mol. The molecule has 0 saturated carbocycles. The Kier molecular flexibility index (Phi) is 24.6. The molecular formula is C23H30Cl2MnN5O9+2. The van der Waals surface area contributed by atoms with E-state index in [0.29, 0.717) is 0 Å². The zero-order valence-corrected chi connectivity index (χ0v) is 24.3. The molecule has 0 radical (unpaired) electrons. The molecule has 14 nitrogen and oxygen atoms in total. The molecule has 0 aliphatic carbocycles. The number of halogens is 2. The molecule has 0 saturated heterocycles. The molecule has 0 bridgehead atoms. The number of rotatable bonds is 8. The summed E-state index contributed by atoms with van der Waals surface area (Å²) in [4.78, 5) is 16.0. The summed E-state index contributed by atoms with van der Waals surface area (Å²) >= 11 is 0. The van der Waals surface area contributed by atoms with Gasteiger partial charge in [0.2, 0.25) is 0 Å². The monoisotopic (exact) mass is 645 g/mol. The van der Waals surface area contributed by atoms with E-state index in [4.69, 9.17) is 42.5 Å². The fourth-order valence-corrected chi connectivity index (χ4v) is 2.82. The molecule has 220 valence electrons. The van der Waals surface area contributed by atoms with Gasteiger partial charge in [0, 0.05) is 68.9 Å². The molecule has 40 heavy (non-hydrogen) atoms. The van der Waals surface area contributed by atoms with Crippen LogP contribution >= 0.6 is 0 Å². The van der Waals surface area contributed by atoms with Crippen LogP contribution in [-0.2, 0) is 41.9 Å². The summed E-state index contributed by atoms with van der Waals surface area (Å²) in [6.07, 6.45) is 5.59. The molecular weight excluding hydrogens is 616 g/mol. The maximum absolute atomic E-state index is 8.49. The van der Waals surface area contributed by atoms with Crippen LogP contribution < -0.4 is 37.3 Å². The van der Waals surface area contributed by atoms with Crippen molar-refractivity contribution in [3.63, 3.8) is 0 Å². The van der Waals surface area contributed by atoms with E-state index < -0.39 is 20.5 Å². The Labute approximate surface area is 247 Å². The van der Waals surface area contributed by atoms with Gasteiger partial charge < -0.3 is 5.48 Å². The van der Waals surface area contributed by atoms with E-state index in [0.717, 1.165) is 55.3 Å². The van der Waals surface area contributed by atoms with Gasteiger partial charge in [0.05, 0.1) is 11.8 Å². The Balaban J connectivity index is -0.000000771. The van der Waals surface area contributed by atoms with Gasteiger partial charge in [-0.05, 0) is 43.3 Å². The van der Waals surface area contributed by atoms with Gasteiger partial charge in [0.1, 0.15) is 0 Å². The molecule has 17 heteroatoms. The van der Waals surface area contributed by atoms with Crippen molar-refractivity contribution in [1.82, 2.24) is 19.9 Å². The molecule has 3 rings (SSSR count). The van der Waals surface area contributed by atoms with Crippen molar-refractivity contribution >= 4 is 0 Å². The van der Waals surface area contributed by atoms with E-state index in [-0.39, 0.29) is 22.5 Å². The van der Waals surface area contributed by atoms with E-state index in [9.17, 15) is 0 Å². The van der Waals surface area contributed by atoms with Gasteiger partial charge in [0.15, 0.2) is 0 Å². The molecule has 0 aliphatic rings. The normalized spacial score (nSPS) is 10.1. The molecule has 3 aromatic heterocycles. The largest absolute Gasteiger partial charge is 3.00 e. The van der Waals surface area contributed by atoms with Crippen LogP contribution in [0.2, 0.25) is 0 Å². The molecule has 0 aliphatic heterocycles. The van der Waals surface area contributed by atoms with Gasteiger partial charge >= 0.3 is 17.1 Å². The second kappa shape index (κ2) is 23.4. The Morgan fingerprint density at radius 2 is 1.10 bits per heavy atom. The predicted octanol–water partition coefficient (Wildman–Crippen LogP) is -6.44. The summed E-state index contributed by atoms with van der Waals surface area (Å²) in [5, 5.41) is 7.32. The van der Waals surface area contributed by atoms with Crippen LogP contribution in [0.3, 0.4) is 0 Å². The van der Waals surface area contributed by atoms with Crippen molar-refractivity contribution in [3.05, 3.63) is 89.8 Å². The van der Waals surface area contributed by atoms with Gasteiger partial charge in [-0.1, -0.05) is 18.2 Å². The number of aryl methyl sites for hydroxylation is 1. The van der Waals surface area contributed by atoms with Crippen LogP contribution in [0.4, 0.5) is 0 Å². The Hall–Kier alpha value is -2.36. The Morgan fingerprint density at radius 3 is 1.43 bits per heavy atom. The summed E-state index contributed by atoms with van der Waals surface area (Å²) in [6, 6.07) is 20.1. The third-order valence-electron chi connectivity index (χ3n) is 4.15. The molecule has 0 spiro atoms. The van der Waals surface area contributed by atoms with E-state index in [1.54, 1.807) is 6.07 Å². The summed E-state index contributed by atoms with van der Waals surface area (Å²) in [6.45, 7) is 6.23. The fraction of sp³-hybridized carbons (Fsp3) is 0.304. The minimum Gasteiger partial charge on any atom is -0.457 e. The van der Waals surface area contributed by atoms with E-state index in [1.807, 2.05) is 49.6 Å². The summed E-state index contributed by atoms with van der Waals surface area (Å²) < 4.78 is 67.9. The van der Waals surface area contributed by atoms with E-state index >= 15 is 0 Å². The number of aromatic nitrogens is 3. The van der Waals surface area contributed by atoms with Gasteiger partial charge in [0.25, 0.3) is 0 Å². The maximum Gasteiger partial charge on any atom is 3.00 e. The van der Waals surface area contributed by atoms with Crippen molar-refractivity contribution in [2.24, 2.45) is 0 Å². The van der Waals surface area contributed by atoms with Crippen molar-refractivity contribution in [2.45, 2.75) is 33.2 Å². The van der Waals surface area contributed by atoms with Crippen molar-refractivity contribution in [2.75, 3.05) is 13.1 Å². The molecule has 3 heterocycles. The first kappa shape index (κ1) is 42.1. The Bertz CT molecular complexity index is 991. The molecule has 0 atom stereocenters. The molecule has 0 fully saturated rings. The molecule has 0 unspecified atom stereocenters. The van der Waals surface area contributed by atoms with Crippen molar-refractivity contribution in [3.8, 4) is 6.07 Å². The number of nitrogens with zero attached hydrogens (tertiary/aromatic N) is 5. The summed E-state index contributed by atoms with van der Waals surface area (Å²) in [5.74, 6) is 0. The average Bonchev–Trinajstić information content (AvgIpc) is 2.81. The van der Waals surface area contributed by atoms with Gasteiger partial charge in [-0.15, -0.1) is 20.5 Å². The van der Waals surface area contributed by atoms with E-state index in [2.05, 4.69) is 44.1 Å². The minimum absolute atomic E-state index is 0. The summed E-state index contributed by atoms with van der Waals surface area (Å²) in [5.41, 5.74) is 4.43. The third kappa shape index (κ3) is 30.2. The zero-order valence-electron chi connectivity index (χ0n) is 21.6. The SMILES string of the molecule is CC#N.Cc1cccc(CN(CCc2ccccn2)CCc2ccccn2)n1.[Mn+3].[O-][Cl+3]([O-])([O-])[O-].[O-][Cl+3]([O-])([O-])[O-].[OH3+]. The van der Waals surface area contributed by atoms with Crippen molar-refractivity contribution in [1.29, 1.82) is 5.26 Å². The van der Waals surface area contributed by atoms with Gasteiger partial charge in [-0.2, -0.15) is 5.26 Å². The fourth-order valence-electron chi connectivity index (χ4n) is 2.82. The minimum atomic E-state index is -4.94. The smallest absolute Gasteiger partial charge is 0.457 e. The first-order chi connectivity index (χ1) is 17.7. The Morgan fingerprint density at radius 1 is 0.725 bits per heavy atom. The van der Waals surface area contributed by atoms with Gasteiger partial charge in [-0.25, -0.2) is 37.3 Å². The zero-order chi connectivity index (χ0) is 29.0. The predicted molar refractivity (Wildman–Crippen MR) is 116 cm³/mol. The first-order valence-corrected chi connectivity index (χ1v) is 13.2. The number of pyridine rings is 3. The van der Waals surface area contributed by atoms with Crippen LogP contribution in [0.5, 0.6) is 0 Å². The van der Waals surface area contributed by atoms with Crippen LogP contribution in [0.15, 0.2) is 67.0 Å². The molecule has 3 aromatic rings. The van der Waals surface area contributed by atoms with Crippen molar-refractivity contribution < 1.29 is 80.3 Å². The van der Waals surface area contributed by atoms with Crippen LogP contribution in [0.1, 0.15) is 29.7 Å². The molecule has 3 N–H and O–H groups in total. The van der Waals surface area contributed by atoms with Crippen LogP contribution in [0, 0.1) is 38.7 Å². The first-order valence-electron chi connectivity index (χ1n) is 10.7. The van der Waals surface area contributed by atoms with E-state index in [1.165, 1.54) is 6.92 Å². The number of hydrogen-bond donors (Lipinski definition) is 0. The quantitative estimate of drug-likeness (QED) is 0.163.